The lowest BCUT2D eigenvalue weighted by Crippen LogP contribution is -1.85. The van der Waals surface area contributed by atoms with E-state index in [2.05, 4.69) is 20.9 Å². The van der Waals surface area contributed by atoms with Crippen LogP contribution in [0.25, 0.3) is 10.9 Å². The fourth-order valence-corrected chi connectivity index (χ4v) is 1.93. The second kappa shape index (κ2) is 3.50. The molecule has 2 aromatic rings. The Morgan fingerprint density at radius 1 is 1.38 bits per heavy atom. The average Bonchev–Trinajstić information content (AvgIpc) is 2.51. The molecule has 0 fully saturated rings. The molecular formula is C10H9BrFN. The van der Waals surface area contributed by atoms with Crippen molar-refractivity contribution in [1.82, 2.24) is 4.98 Å². The van der Waals surface area contributed by atoms with Crippen LogP contribution in [0.15, 0.2) is 24.4 Å². The van der Waals surface area contributed by atoms with Gasteiger partial charge in [0.1, 0.15) is 5.82 Å². The Kier molecular flexibility index (Phi) is 2.36. The first-order valence-electron chi connectivity index (χ1n) is 4.13. The molecule has 0 saturated carbocycles. The van der Waals surface area contributed by atoms with Crippen molar-refractivity contribution in [3.63, 3.8) is 0 Å². The highest BCUT2D eigenvalue weighted by atomic mass is 79.9. The van der Waals surface area contributed by atoms with E-state index in [4.69, 9.17) is 0 Å². The molecule has 1 aromatic heterocycles. The minimum absolute atomic E-state index is 0.144. The highest BCUT2D eigenvalue weighted by Crippen LogP contribution is 2.21. The molecule has 1 heterocycles. The van der Waals surface area contributed by atoms with Crippen LogP contribution >= 0.6 is 15.9 Å². The van der Waals surface area contributed by atoms with E-state index in [0.29, 0.717) is 0 Å². The molecule has 0 aliphatic heterocycles. The van der Waals surface area contributed by atoms with E-state index in [0.717, 1.165) is 28.2 Å². The molecule has 0 amide bonds. The first kappa shape index (κ1) is 8.75. The number of hydrogen-bond donors (Lipinski definition) is 1. The number of fused-ring (bicyclic) bond motifs is 1. The Bertz CT molecular complexity index is 422. The monoisotopic (exact) mass is 241 g/mol. The maximum Gasteiger partial charge on any atom is 0.132 e. The molecule has 3 heteroatoms. The SMILES string of the molecule is Fc1cccc2[nH]cc(CCBr)c12. The Hall–Kier alpha value is -0.830. The van der Waals surface area contributed by atoms with Crippen molar-refractivity contribution in [2.24, 2.45) is 0 Å². The van der Waals surface area contributed by atoms with Crippen LogP contribution in [0.5, 0.6) is 0 Å². The number of hydrogen-bond acceptors (Lipinski definition) is 0. The number of H-pyrrole nitrogens is 1. The molecule has 1 N–H and O–H groups in total. The summed E-state index contributed by atoms with van der Waals surface area (Å²) in [6.07, 6.45) is 2.72. The summed E-state index contributed by atoms with van der Waals surface area (Å²) in [5, 5.41) is 1.58. The summed E-state index contributed by atoms with van der Waals surface area (Å²) < 4.78 is 13.4. The average molecular weight is 242 g/mol. The van der Waals surface area contributed by atoms with Gasteiger partial charge < -0.3 is 4.98 Å². The van der Waals surface area contributed by atoms with Crippen molar-refractivity contribution in [3.8, 4) is 0 Å². The molecular weight excluding hydrogens is 233 g/mol. The van der Waals surface area contributed by atoms with Crippen LogP contribution in [0.2, 0.25) is 0 Å². The van der Waals surface area contributed by atoms with E-state index < -0.39 is 0 Å². The minimum Gasteiger partial charge on any atom is -0.361 e. The summed E-state index contributed by atoms with van der Waals surface area (Å²) in [6, 6.07) is 5.09. The predicted octanol–water partition coefficient (Wildman–Crippen LogP) is 3.24. The van der Waals surface area contributed by atoms with Gasteiger partial charge in [0.15, 0.2) is 0 Å². The van der Waals surface area contributed by atoms with Gasteiger partial charge in [-0.05, 0) is 24.1 Å². The molecule has 0 spiro atoms. The summed E-state index contributed by atoms with van der Waals surface area (Å²) in [7, 11) is 0. The van der Waals surface area contributed by atoms with Gasteiger partial charge in [-0.2, -0.15) is 0 Å². The minimum atomic E-state index is -0.144. The van der Waals surface area contributed by atoms with E-state index >= 15 is 0 Å². The van der Waals surface area contributed by atoms with Crippen molar-refractivity contribution in [1.29, 1.82) is 0 Å². The lowest BCUT2D eigenvalue weighted by atomic mass is 10.1. The van der Waals surface area contributed by atoms with E-state index in [9.17, 15) is 4.39 Å². The summed E-state index contributed by atoms with van der Waals surface area (Å²) in [5.41, 5.74) is 1.90. The summed E-state index contributed by atoms with van der Waals surface area (Å²) in [4.78, 5) is 3.05. The maximum atomic E-state index is 13.4. The molecule has 0 saturated heterocycles. The zero-order valence-corrected chi connectivity index (χ0v) is 8.57. The first-order valence-corrected chi connectivity index (χ1v) is 5.25. The van der Waals surface area contributed by atoms with E-state index in [1.165, 1.54) is 6.07 Å². The van der Waals surface area contributed by atoms with Crippen LogP contribution in [-0.2, 0) is 6.42 Å². The molecule has 1 aromatic carbocycles. The highest BCUT2D eigenvalue weighted by Gasteiger charge is 2.06. The zero-order valence-electron chi connectivity index (χ0n) is 6.98. The Morgan fingerprint density at radius 3 is 3.00 bits per heavy atom. The number of halogens is 2. The molecule has 0 radical (unpaired) electrons. The van der Waals surface area contributed by atoms with Crippen LogP contribution in [0.1, 0.15) is 5.56 Å². The third-order valence-electron chi connectivity index (χ3n) is 2.10. The van der Waals surface area contributed by atoms with Gasteiger partial charge >= 0.3 is 0 Å². The fraction of sp³-hybridized carbons (Fsp3) is 0.200. The van der Waals surface area contributed by atoms with Crippen molar-refractivity contribution in [2.75, 3.05) is 5.33 Å². The molecule has 0 aliphatic rings. The van der Waals surface area contributed by atoms with Gasteiger partial charge in [-0.15, -0.1) is 0 Å². The Labute approximate surface area is 84.1 Å². The normalized spacial score (nSPS) is 10.9. The maximum absolute atomic E-state index is 13.4. The lowest BCUT2D eigenvalue weighted by Gasteiger charge is -1.96. The number of aromatic amines is 1. The molecule has 1 nitrogen and oxygen atoms in total. The van der Waals surface area contributed by atoms with Crippen molar-refractivity contribution >= 4 is 26.8 Å². The second-order valence-electron chi connectivity index (χ2n) is 2.92. The Balaban J connectivity index is 2.64. The summed E-state index contributed by atoms with van der Waals surface area (Å²) >= 11 is 3.34. The highest BCUT2D eigenvalue weighted by molar-refractivity contribution is 9.09. The molecule has 0 unspecified atom stereocenters. The molecule has 0 aliphatic carbocycles. The Morgan fingerprint density at radius 2 is 2.23 bits per heavy atom. The quantitative estimate of drug-likeness (QED) is 0.778. The number of aryl methyl sites for hydroxylation is 1. The van der Waals surface area contributed by atoms with Crippen molar-refractivity contribution in [2.45, 2.75) is 6.42 Å². The van der Waals surface area contributed by atoms with E-state index in [1.807, 2.05) is 12.3 Å². The van der Waals surface area contributed by atoms with Gasteiger partial charge in [-0.25, -0.2) is 4.39 Å². The van der Waals surface area contributed by atoms with Gasteiger partial charge in [-0.1, -0.05) is 22.0 Å². The number of rotatable bonds is 2. The fourth-order valence-electron chi connectivity index (χ4n) is 1.51. The van der Waals surface area contributed by atoms with Crippen LogP contribution < -0.4 is 0 Å². The topological polar surface area (TPSA) is 15.8 Å². The van der Waals surface area contributed by atoms with Gasteiger partial charge in [0.05, 0.1) is 0 Å². The van der Waals surface area contributed by atoms with Gasteiger partial charge in [0.2, 0.25) is 0 Å². The standard InChI is InChI=1S/C10H9BrFN/c11-5-4-7-6-13-9-3-1-2-8(12)10(7)9/h1-3,6,13H,4-5H2. The zero-order chi connectivity index (χ0) is 9.26. The summed E-state index contributed by atoms with van der Waals surface area (Å²) in [6.45, 7) is 0. The number of benzene rings is 1. The van der Waals surface area contributed by atoms with Crippen LogP contribution in [-0.4, -0.2) is 10.3 Å². The first-order chi connectivity index (χ1) is 6.33. The number of aromatic nitrogens is 1. The molecule has 0 bridgehead atoms. The molecule has 68 valence electrons. The van der Waals surface area contributed by atoms with E-state index in [-0.39, 0.29) is 5.82 Å². The molecule has 2 rings (SSSR count). The number of nitrogens with one attached hydrogen (secondary N) is 1. The summed E-state index contributed by atoms with van der Waals surface area (Å²) in [5.74, 6) is -0.144. The third-order valence-corrected chi connectivity index (χ3v) is 2.50. The van der Waals surface area contributed by atoms with Crippen molar-refractivity contribution < 1.29 is 4.39 Å². The predicted molar refractivity (Wildman–Crippen MR) is 55.8 cm³/mol. The van der Waals surface area contributed by atoms with Gasteiger partial charge in [0.25, 0.3) is 0 Å². The van der Waals surface area contributed by atoms with Gasteiger partial charge in [-0.3, -0.25) is 0 Å². The molecule has 0 atom stereocenters. The second-order valence-corrected chi connectivity index (χ2v) is 3.71. The third kappa shape index (κ3) is 1.48. The van der Waals surface area contributed by atoms with Gasteiger partial charge in [0, 0.05) is 22.4 Å². The number of alkyl halides is 1. The largest absolute Gasteiger partial charge is 0.361 e. The van der Waals surface area contributed by atoms with Crippen LogP contribution in [0.4, 0.5) is 4.39 Å². The van der Waals surface area contributed by atoms with Crippen molar-refractivity contribution in [3.05, 3.63) is 35.8 Å². The lowest BCUT2D eigenvalue weighted by molar-refractivity contribution is 0.639. The van der Waals surface area contributed by atoms with E-state index in [1.54, 1.807) is 6.07 Å². The smallest absolute Gasteiger partial charge is 0.132 e. The van der Waals surface area contributed by atoms with Crippen LogP contribution in [0.3, 0.4) is 0 Å². The van der Waals surface area contributed by atoms with Crippen LogP contribution in [0, 0.1) is 5.82 Å². The molecule has 13 heavy (non-hydrogen) atoms.